The number of aromatic nitrogens is 3. The Morgan fingerprint density at radius 1 is 1.47 bits per heavy atom. The minimum Gasteiger partial charge on any atom is -0.473 e. The number of hydrogen-bond acceptors (Lipinski definition) is 4. The van der Waals surface area contributed by atoms with Gasteiger partial charge in [-0.1, -0.05) is 0 Å². The lowest BCUT2D eigenvalue weighted by Crippen LogP contribution is -2.06. The third-order valence-electron chi connectivity index (χ3n) is 1.84. The molecule has 2 aromatic rings. The highest BCUT2D eigenvalue weighted by atomic mass is 79.9. The topological polar surface area (TPSA) is 48.7 Å². The van der Waals surface area contributed by atoms with Crippen molar-refractivity contribution in [3.8, 4) is 5.88 Å². The van der Waals surface area contributed by atoms with Gasteiger partial charge >= 0.3 is 0 Å². The van der Waals surface area contributed by atoms with Gasteiger partial charge in [0.15, 0.2) is 0 Å². The molecule has 0 saturated heterocycles. The van der Waals surface area contributed by atoms with Crippen LogP contribution in [0, 0.1) is 0 Å². The summed E-state index contributed by atoms with van der Waals surface area (Å²) in [6, 6.07) is 0. The van der Waals surface area contributed by atoms with Gasteiger partial charge in [-0.3, -0.25) is 4.40 Å². The third-order valence-corrected chi connectivity index (χ3v) is 2.22. The molecule has 6 heteroatoms. The minimum atomic E-state index is 0.461. The SMILES string of the molecule is COCCOc1nc(Br)cn2ccnc12. The van der Waals surface area contributed by atoms with Gasteiger partial charge in [-0.05, 0) is 15.9 Å². The Morgan fingerprint density at radius 3 is 3.13 bits per heavy atom. The number of rotatable bonds is 4. The lowest BCUT2D eigenvalue weighted by atomic mass is 10.6. The van der Waals surface area contributed by atoms with Crippen LogP contribution in [0.25, 0.3) is 5.65 Å². The van der Waals surface area contributed by atoms with E-state index in [1.54, 1.807) is 13.3 Å². The van der Waals surface area contributed by atoms with Crippen LogP contribution in [0.5, 0.6) is 5.88 Å². The van der Waals surface area contributed by atoms with E-state index in [0.717, 1.165) is 0 Å². The van der Waals surface area contributed by atoms with Crippen molar-refractivity contribution in [3.05, 3.63) is 23.2 Å². The van der Waals surface area contributed by atoms with E-state index in [9.17, 15) is 0 Å². The smallest absolute Gasteiger partial charge is 0.259 e. The maximum atomic E-state index is 5.45. The normalized spacial score (nSPS) is 10.8. The van der Waals surface area contributed by atoms with Crippen molar-refractivity contribution in [1.82, 2.24) is 14.4 Å². The predicted octanol–water partition coefficient (Wildman–Crippen LogP) is 1.52. The van der Waals surface area contributed by atoms with E-state index in [1.807, 2.05) is 16.8 Å². The van der Waals surface area contributed by atoms with Crippen LogP contribution < -0.4 is 4.74 Å². The van der Waals surface area contributed by atoms with Crippen molar-refractivity contribution in [1.29, 1.82) is 0 Å². The van der Waals surface area contributed by atoms with Gasteiger partial charge < -0.3 is 9.47 Å². The molecule has 0 aliphatic heterocycles. The van der Waals surface area contributed by atoms with Crippen LogP contribution in [-0.2, 0) is 4.74 Å². The predicted molar refractivity (Wildman–Crippen MR) is 58.1 cm³/mol. The molecule has 2 heterocycles. The van der Waals surface area contributed by atoms with Crippen molar-refractivity contribution in [2.75, 3.05) is 20.3 Å². The van der Waals surface area contributed by atoms with Crippen molar-refractivity contribution in [3.63, 3.8) is 0 Å². The Balaban J connectivity index is 2.27. The van der Waals surface area contributed by atoms with Crippen LogP contribution in [0.4, 0.5) is 0 Å². The maximum absolute atomic E-state index is 5.45. The van der Waals surface area contributed by atoms with Gasteiger partial charge in [-0.15, -0.1) is 0 Å². The molecule has 0 aliphatic rings. The zero-order chi connectivity index (χ0) is 10.7. The van der Waals surface area contributed by atoms with Crippen molar-refractivity contribution < 1.29 is 9.47 Å². The first kappa shape index (κ1) is 10.4. The van der Waals surface area contributed by atoms with Gasteiger partial charge in [-0.25, -0.2) is 9.97 Å². The molecule has 5 nitrogen and oxygen atoms in total. The average molecular weight is 272 g/mol. The molecule has 15 heavy (non-hydrogen) atoms. The standard InChI is InChI=1S/C9H10BrN3O2/c1-14-4-5-15-9-8-11-2-3-13(8)6-7(10)12-9/h2-3,6H,4-5H2,1H3. The molecule has 0 radical (unpaired) electrons. The molecule has 0 aliphatic carbocycles. The van der Waals surface area contributed by atoms with Gasteiger partial charge in [0.05, 0.1) is 6.61 Å². The second kappa shape index (κ2) is 4.59. The van der Waals surface area contributed by atoms with E-state index in [0.29, 0.717) is 29.3 Å². The number of nitrogens with zero attached hydrogens (tertiary/aromatic N) is 3. The maximum Gasteiger partial charge on any atom is 0.259 e. The molecule has 0 N–H and O–H groups in total. The van der Waals surface area contributed by atoms with Crippen LogP contribution in [0.1, 0.15) is 0 Å². The lowest BCUT2D eigenvalue weighted by Gasteiger charge is -2.05. The Kier molecular flexibility index (Phi) is 3.17. The largest absolute Gasteiger partial charge is 0.473 e. The molecule has 2 aromatic heterocycles. The zero-order valence-electron chi connectivity index (χ0n) is 8.18. The summed E-state index contributed by atoms with van der Waals surface area (Å²) in [6.07, 6.45) is 5.36. The third kappa shape index (κ3) is 2.27. The van der Waals surface area contributed by atoms with Crippen LogP contribution in [-0.4, -0.2) is 34.7 Å². The number of halogens is 1. The molecule has 0 fully saturated rings. The van der Waals surface area contributed by atoms with Gasteiger partial charge in [0.25, 0.3) is 5.88 Å². The second-order valence-electron chi connectivity index (χ2n) is 2.87. The highest BCUT2D eigenvalue weighted by Gasteiger charge is 2.06. The summed E-state index contributed by atoms with van der Waals surface area (Å²) >= 11 is 3.31. The number of methoxy groups -OCH3 is 1. The molecule has 0 aromatic carbocycles. The Morgan fingerprint density at radius 2 is 2.33 bits per heavy atom. The number of ether oxygens (including phenoxy) is 2. The van der Waals surface area contributed by atoms with Crippen LogP contribution in [0.2, 0.25) is 0 Å². The van der Waals surface area contributed by atoms with Crippen molar-refractivity contribution in [2.45, 2.75) is 0 Å². The molecule has 0 unspecified atom stereocenters. The first-order valence-electron chi connectivity index (χ1n) is 4.42. The Labute approximate surface area is 95.2 Å². The summed E-state index contributed by atoms with van der Waals surface area (Å²) in [5.74, 6) is 0.506. The molecule has 0 bridgehead atoms. The van der Waals surface area contributed by atoms with E-state index >= 15 is 0 Å². The minimum absolute atomic E-state index is 0.461. The first-order chi connectivity index (χ1) is 7.31. The molecular weight excluding hydrogens is 262 g/mol. The molecule has 0 amide bonds. The molecule has 2 rings (SSSR count). The summed E-state index contributed by atoms with van der Waals surface area (Å²) in [6.45, 7) is 0.990. The van der Waals surface area contributed by atoms with Crippen LogP contribution in [0.15, 0.2) is 23.2 Å². The highest BCUT2D eigenvalue weighted by Crippen LogP contribution is 2.18. The summed E-state index contributed by atoms with van der Waals surface area (Å²) in [7, 11) is 1.63. The molecule has 0 atom stereocenters. The van der Waals surface area contributed by atoms with Gasteiger partial charge in [-0.2, -0.15) is 0 Å². The summed E-state index contributed by atoms with van der Waals surface area (Å²) < 4.78 is 12.9. The zero-order valence-corrected chi connectivity index (χ0v) is 9.77. The Bertz CT molecular complexity index is 458. The van der Waals surface area contributed by atoms with Crippen molar-refractivity contribution >= 4 is 21.6 Å². The average Bonchev–Trinajstić information content (AvgIpc) is 2.65. The van der Waals surface area contributed by atoms with Gasteiger partial charge in [0.2, 0.25) is 5.65 Å². The summed E-state index contributed by atoms with van der Waals surface area (Å²) in [5.41, 5.74) is 0.703. The molecule has 0 spiro atoms. The number of hydrogen-bond donors (Lipinski definition) is 0. The van der Waals surface area contributed by atoms with Crippen LogP contribution in [0.3, 0.4) is 0 Å². The van der Waals surface area contributed by atoms with E-state index in [1.165, 1.54) is 0 Å². The number of imidazole rings is 1. The monoisotopic (exact) mass is 271 g/mol. The fraction of sp³-hybridized carbons (Fsp3) is 0.333. The lowest BCUT2D eigenvalue weighted by molar-refractivity contribution is 0.144. The summed E-state index contributed by atoms with van der Waals surface area (Å²) in [5, 5.41) is 0. The molecular formula is C9H10BrN3O2. The molecule has 80 valence electrons. The van der Waals surface area contributed by atoms with Crippen molar-refractivity contribution in [2.24, 2.45) is 0 Å². The fourth-order valence-corrected chi connectivity index (χ4v) is 1.57. The highest BCUT2D eigenvalue weighted by molar-refractivity contribution is 9.10. The van der Waals surface area contributed by atoms with E-state index in [4.69, 9.17) is 9.47 Å². The summed E-state index contributed by atoms with van der Waals surface area (Å²) in [4.78, 5) is 8.35. The van der Waals surface area contributed by atoms with E-state index in [2.05, 4.69) is 25.9 Å². The first-order valence-corrected chi connectivity index (χ1v) is 5.21. The van der Waals surface area contributed by atoms with E-state index in [-0.39, 0.29) is 0 Å². The van der Waals surface area contributed by atoms with E-state index < -0.39 is 0 Å². The van der Waals surface area contributed by atoms with Gasteiger partial charge in [0.1, 0.15) is 11.2 Å². The Hall–Kier alpha value is -1.14. The number of fused-ring (bicyclic) bond motifs is 1. The molecule has 0 saturated carbocycles. The van der Waals surface area contributed by atoms with Gasteiger partial charge in [0, 0.05) is 25.7 Å². The van der Waals surface area contributed by atoms with Crippen LogP contribution >= 0.6 is 15.9 Å². The second-order valence-corrected chi connectivity index (χ2v) is 3.68. The fourth-order valence-electron chi connectivity index (χ4n) is 1.19. The quantitative estimate of drug-likeness (QED) is 0.792.